The first-order valence-electron chi connectivity index (χ1n) is 7.25. The molecule has 21 heavy (non-hydrogen) atoms. The highest BCUT2D eigenvalue weighted by molar-refractivity contribution is 5.94. The number of likely N-dealkylation sites (tertiary alicyclic amines) is 1. The van der Waals surface area contributed by atoms with Gasteiger partial charge in [0.05, 0.1) is 12.5 Å². The van der Waals surface area contributed by atoms with Gasteiger partial charge < -0.3 is 9.64 Å². The zero-order valence-electron chi connectivity index (χ0n) is 12.4. The number of rotatable bonds is 3. The van der Waals surface area contributed by atoms with E-state index >= 15 is 0 Å². The van der Waals surface area contributed by atoms with Gasteiger partial charge in [-0.2, -0.15) is 0 Å². The Morgan fingerprint density at radius 2 is 2.00 bits per heavy atom. The molecule has 0 spiro atoms. The lowest BCUT2D eigenvalue weighted by atomic mass is 9.96. The summed E-state index contributed by atoms with van der Waals surface area (Å²) in [5.41, 5.74) is 0.950. The monoisotopic (exact) mass is 293 g/mol. The fourth-order valence-corrected chi connectivity index (χ4v) is 2.54. The third-order valence-corrected chi connectivity index (χ3v) is 3.81. The second kappa shape index (κ2) is 6.70. The van der Waals surface area contributed by atoms with Gasteiger partial charge in [-0.15, -0.1) is 0 Å². The van der Waals surface area contributed by atoms with Gasteiger partial charge in [0.25, 0.3) is 5.91 Å². The summed E-state index contributed by atoms with van der Waals surface area (Å²) in [7, 11) is 0. The number of nitrogens with zero attached hydrogens (tertiary/aromatic N) is 1. The van der Waals surface area contributed by atoms with E-state index in [2.05, 4.69) is 0 Å². The topological polar surface area (TPSA) is 46.6 Å². The van der Waals surface area contributed by atoms with Gasteiger partial charge in [0.2, 0.25) is 0 Å². The van der Waals surface area contributed by atoms with Crippen LogP contribution in [0, 0.1) is 18.7 Å². The minimum Gasteiger partial charge on any atom is -0.466 e. The fraction of sp³-hybridized carbons (Fsp3) is 0.500. The third kappa shape index (κ3) is 3.60. The number of hydrogen-bond acceptors (Lipinski definition) is 3. The quantitative estimate of drug-likeness (QED) is 0.805. The van der Waals surface area contributed by atoms with Crippen LogP contribution in [-0.2, 0) is 9.53 Å². The van der Waals surface area contributed by atoms with E-state index < -0.39 is 0 Å². The van der Waals surface area contributed by atoms with Gasteiger partial charge in [0.1, 0.15) is 5.82 Å². The van der Waals surface area contributed by atoms with Crippen LogP contribution in [0.1, 0.15) is 35.7 Å². The summed E-state index contributed by atoms with van der Waals surface area (Å²) in [6, 6.07) is 4.38. The minimum atomic E-state index is -0.312. The van der Waals surface area contributed by atoms with Gasteiger partial charge in [0.15, 0.2) is 0 Å². The molecule has 0 saturated carbocycles. The van der Waals surface area contributed by atoms with Crippen molar-refractivity contribution in [2.45, 2.75) is 26.7 Å². The molecule has 1 aromatic rings. The van der Waals surface area contributed by atoms with Crippen LogP contribution in [0.15, 0.2) is 18.2 Å². The molecule has 0 radical (unpaired) electrons. The van der Waals surface area contributed by atoms with Crippen molar-refractivity contribution in [1.29, 1.82) is 0 Å². The molecular weight excluding hydrogens is 273 g/mol. The summed E-state index contributed by atoms with van der Waals surface area (Å²) in [5.74, 6) is -0.723. The molecule has 0 atom stereocenters. The molecule has 2 rings (SSSR count). The second-order valence-corrected chi connectivity index (χ2v) is 5.28. The molecular formula is C16H20FNO3. The molecule has 5 heteroatoms. The van der Waals surface area contributed by atoms with Crippen LogP contribution in [0.3, 0.4) is 0 Å². The van der Waals surface area contributed by atoms with E-state index in [0.29, 0.717) is 43.7 Å². The van der Waals surface area contributed by atoms with E-state index in [9.17, 15) is 14.0 Å². The average molecular weight is 293 g/mol. The Labute approximate surface area is 123 Å². The molecule has 0 aromatic heterocycles. The van der Waals surface area contributed by atoms with Gasteiger partial charge in [-0.3, -0.25) is 9.59 Å². The SMILES string of the molecule is CCOC(=O)C1CCN(C(=O)c2ccc(F)c(C)c2)CC1. The molecule has 1 aromatic carbocycles. The zero-order valence-corrected chi connectivity index (χ0v) is 12.4. The molecule has 1 saturated heterocycles. The lowest BCUT2D eigenvalue weighted by molar-refractivity contribution is -0.149. The van der Waals surface area contributed by atoms with Crippen molar-refractivity contribution in [2.24, 2.45) is 5.92 Å². The van der Waals surface area contributed by atoms with E-state index in [0.717, 1.165) is 0 Å². The number of hydrogen-bond donors (Lipinski definition) is 0. The van der Waals surface area contributed by atoms with Crippen LogP contribution < -0.4 is 0 Å². The molecule has 0 bridgehead atoms. The van der Waals surface area contributed by atoms with Crippen LogP contribution in [-0.4, -0.2) is 36.5 Å². The van der Waals surface area contributed by atoms with Gasteiger partial charge in [-0.05, 0) is 50.5 Å². The number of ether oxygens (including phenoxy) is 1. The maximum absolute atomic E-state index is 13.2. The zero-order chi connectivity index (χ0) is 15.4. The van der Waals surface area contributed by atoms with E-state index in [-0.39, 0.29) is 23.6 Å². The number of carbonyl (C=O) groups is 2. The number of halogens is 1. The fourth-order valence-electron chi connectivity index (χ4n) is 2.54. The van der Waals surface area contributed by atoms with Crippen LogP contribution in [0.25, 0.3) is 0 Å². The first-order valence-corrected chi connectivity index (χ1v) is 7.25. The summed E-state index contributed by atoms with van der Waals surface area (Å²) >= 11 is 0. The molecule has 0 unspecified atom stereocenters. The Morgan fingerprint density at radius 1 is 1.33 bits per heavy atom. The lowest BCUT2D eigenvalue weighted by Gasteiger charge is -2.31. The highest BCUT2D eigenvalue weighted by Crippen LogP contribution is 2.21. The standard InChI is InChI=1S/C16H20FNO3/c1-3-21-16(20)12-6-8-18(9-7-12)15(19)13-4-5-14(17)11(2)10-13/h4-5,10,12H,3,6-9H2,1-2H3. The van der Waals surface area contributed by atoms with Crippen molar-refractivity contribution in [2.75, 3.05) is 19.7 Å². The lowest BCUT2D eigenvalue weighted by Crippen LogP contribution is -2.40. The molecule has 1 aliphatic rings. The Morgan fingerprint density at radius 3 is 2.57 bits per heavy atom. The molecule has 1 fully saturated rings. The average Bonchev–Trinajstić information content (AvgIpc) is 2.50. The molecule has 0 aliphatic carbocycles. The number of esters is 1. The van der Waals surface area contributed by atoms with Crippen LogP contribution >= 0.6 is 0 Å². The van der Waals surface area contributed by atoms with Gasteiger partial charge in [0, 0.05) is 18.7 Å². The van der Waals surface area contributed by atoms with Crippen molar-refractivity contribution < 1.29 is 18.7 Å². The number of amides is 1. The maximum Gasteiger partial charge on any atom is 0.309 e. The number of benzene rings is 1. The maximum atomic E-state index is 13.2. The van der Waals surface area contributed by atoms with Crippen molar-refractivity contribution in [3.8, 4) is 0 Å². The van der Waals surface area contributed by atoms with Crippen molar-refractivity contribution in [3.05, 3.63) is 35.1 Å². The minimum absolute atomic E-state index is 0.111. The Bertz CT molecular complexity index is 536. The van der Waals surface area contributed by atoms with Crippen LogP contribution in [0.4, 0.5) is 4.39 Å². The number of piperidine rings is 1. The molecule has 114 valence electrons. The van der Waals surface area contributed by atoms with Gasteiger partial charge >= 0.3 is 5.97 Å². The van der Waals surface area contributed by atoms with E-state index in [1.807, 2.05) is 0 Å². The largest absolute Gasteiger partial charge is 0.466 e. The highest BCUT2D eigenvalue weighted by Gasteiger charge is 2.28. The highest BCUT2D eigenvalue weighted by atomic mass is 19.1. The second-order valence-electron chi connectivity index (χ2n) is 5.28. The Balaban J connectivity index is 1.97. The summed E-state index contributed by atoms with van der Waals surface area (Å²) in [4.78, 5) is 25.7. The summed E-state index contributed by atoms with van der Waals surface area (Å²) < 4.78 is 18.2. The predicted molar refractivity (Wildman–Crippen MR) is 76.4 cm³/mol. The van der Waals surface area contributed by atoms with Gasteiger partial charge in [-0.1, -0.05) is 0 Å². The van der Waals surface area contributed by atoms with Crippen LogP contribution in [0.5, 0.6) is 0 Å². The Kier molecular flexibility index (Phi) is 4.94. The molecule has 1 heterocycles. The molecule has 1 amide bonds. The van der Waals surface area contributed by atoms with E-state index in [1.165, 1.54) is 12.1 Å². The normalized spacial score (nSPS) is 15.9. The number of aryl methyl sites for hydroxylation is 1. The molecule has 0 N–H and O–H groups in total. The van der Waals surface area contributed by atoms with Gasteiger partial charge in [-0.25, -0.2) is 4.39 Å². The summed E-state index contributed by atoms with van der Waals surface area (Å²) in [6.07, 6.45) is 1.23. The van der Waals surface area contributed by atoms with E-state index in [4.69, 9.17) is 4.74 Å². The smallest absolute Gasteiger partial charge is 0.309 e. The third-order valence-electron chi connectivity index (χ3n) is 3.81. The molecule has 1 aliphatic heterocycles. The first kappa shape index (κ1) is 15.5. The summed E-state index contributed by atoms with van der Waals surface area (Å²) in [6.45, 7) is 4.86. The predicted octanol–water partition coefficient (Wildman–Crippen LogP) is 2.55. The van der Waals surface area contributed by atoms with Crippen molar-refractivity contribution >= 4 is 11.9 Å². The number of carbonyl (C=O) groups excluding carboxylic acids is 2. The van der Waals surface area contributed by atoms with Crippen molar-refractivity contribution in [1.82, 2.24) is 4.90 Å². The van der Waals surface area contributed by atoms with Crippen LogP contribution in [0.2, 0.25) is 0 Å². The van der Waals surface area contributed by atoms with E-state index in [1.54, 1.807) is 24.8 Å². The van der Waals surface area contributed by atoms with Crippen molar-refractivity contribution in [3.63, 3.8) is 0 Å². The molecule has 4 nitrogen and oxygen atoms in total. The summed E-state index contributed by atoms with van der Waals surface area (Å²) in [5, 5.41) is 0. The first-order chi connectivity index (χ1) is 10.0. The Hall–Kier alpha value is -1.91.